The molecular formula is C3H14O3SiSn. The summed E-state index contributed by atoms with van der Waals surface area (Å²) in [6.07, 6.45) is 0. The summed E-state index contributed by atoms with van der Waals surface area (Å²) in [5, 5.41) is 0. The Morgan fingerprint density at radius 2 is 1.12 bits per heavy atom. The molecule has 0 aliphatic rings. The van der Waals surface area contributed by atoms with Gasteiger partial charge in [0.15, 0.2) is 0 Å². The van der Waals surface area contributed by atoms with Gasteiger partial charge in [0.05, 0.1) is 0 Å². The molecule has 0 rings (SSSR count). The van der Waals surface area contributed by atoms with Gasteiger partial charge in [-0.15, -0.1) is 0 Å². The Balaban J connectivity index is 0. The molecule has 0 aromatic carbocycles. The fraction of sp³-hybridized carbons (Fsp3) is 1.00. The van der Waals surface area contributed by atoms with Crippen molar-refractivity contribution < 1.29 is 13.3 Å². The van der Waals surface area contributed by atoms with Gasteiger partial charge in [-0.1, -0.05) is 0 Å². The van der Waals surface area contributed by atoms with Gasteiger partial charge in [0.2, 0.25) is 0 Å². The molecule has 0 aromatic heterocycles. The van der Waals surface area contributed by atoms with E-state index in [0.717, 1.165) is 0 Å². The van der Waals surface area contributed by atoms with E-state index < -0.39 is 9.53 Å². The van der Waals surface area contributed by atoms with Gasteiger partial charge >= 0.3 is 33.4 Å². The van der Waals surface area contributed by atoms with Crippen LogP contribution in [0.5, 0.6) is 0 Å². The maximum absolute atomic E-state index is 4.74. The third-order valence-electron chi connectivity index (χ3n) is 0.577. The second-order valence-electron chi connectivity index (χ2n) is 0.996. The Bertz CT molecular complexity index is 36.0. The number of rotatable bonds is 3. The second kappa shape index (κ2) is 7.90. The van der Waals surface area contributed by atoms with Crippen molar-refractivity contribution in [2.75, 3.05) is 21.3 Å². The predicted octanol–water partition coefficient (Wildman–Crippen LogP) is -1.81. The molecule has 0 radical (unpaired) electrons. The molecule has 0 saturated carbocycles. The van der Waals surface area contributed by atoms with E-state index in [1.54, 1.807) is 21.3 Å². The van der Waals surface area contributed by atoms with Gasteiger partial charge in [-0.25, -0.2) is 0 Å². The van der Waals surface area contributed by atoms with Crippen LogP contribution in [-0.2, 0) is 13.3 Å². The van der Waals surface area contributed by atoms with E-state index in [0.29, 0.717) is 0 Å². The van der Waals surface area contributed by atoms with E-state index >= 15 is 0 Å². The van der Waals surface area contributed by atoms with Crippen LogP contribution in [0.4, 0.5) is 0 Å². The van der Waals surface area contributed by atoms with Crippen LogP contribution < -0.4 is 0 Å². The first kappa shape index (κ1) is 11.7. The Morgan fingerprint density at radius 1 is 0.875 bits per heavy atom. The first-order chi connectivity index (χ1) is 3.35. The minimum absolute atomic E-state index is 0. The van der Waals surface area contributed by atoms with E-state index in [1.165, 1.54) is 0 Å². The Hall–Kier alpha value is 0.896. The number of hydrogen-bond donors (Lipinski definition) is 0. The van der Waals surface area contributed by atoms with E-state index in [2.05, 4.69) is 0 Å². The SMILES string of the molecule is CO[SiH](OC)OC.[SnH4]. The molecule has 0 heterocycles. The van der Waals surface area contributed by atoms with Crippen molar-refractivity contribution in [3.63, 3.8) is 0 Å². The molecule has 0 unspecified atom stereocenters. The van der Waals surface area contributed by atoms with Gasteiger partial charge in [-0.2, -0.15) is 0 Å². The summed E-state index contributed by atoms with van der Waals surface area (Å²) in [6, 6.07) is 0. The van der Waals surface area contributed by atoms with Crippen LogP contribution >= 0.6 is 0 Å². The molecule has 0 amide bonds. The third-order valence-corrected chi connectivity index (χ3v) is 1.73. The Labute approximate surface area is 68.2 Å². The van der Waals surface area contributed by atoms with Crippen molar-refractivity contribution in [3.05, 3.63) is 0 Å². The molecule has 52 valence electrons. The van der Waals surface area contributed by atoms with Crippen LogP contribution in [0.25, 0.3) is 0 Å². The second-order valence-corrected chi connectivity index (χ2v) is 2.99. The van der Waals surface area contributed by atoms with E-state index in [4.69, 9.17) is 13.3 Å². The predicted molar refractivity (Wildman–Crippen MR) is 39.5 cm³/mol. The van der Waals surface area contributed by atoms with Gasteiger partial charge < -0.3 is 13.3 Å². The summed E-state index contributed by atoms with van der Waals surface area (Å²) < 4.78 is 14.2. The van der Waals surface area contributed by atoms with Crippen LogP contribution in [0.2, 0.25) is 0 Å². The molecular weight excluding hydrogens is 231 g/mol. The Kier molecular flexibility index (Phi) is 11.5. The zero-order valence-electron chi connectivity index (χ0n) is 4.80. The third kappa shape index (κ3) is 5.04. The van der Waals surface area contributed by atoms with Crippen molar-refractivity contribution in [3.8, 4) is 0 Å². The maximum atomic E-state index is 4.74. The molecule has 3 nitrogen and oxygen atoms in total. The molecule has 8 heavy (non-hydrogen) atoms. The molecule has 0 atom stereocenters. The first-order valence-corrected chi connectivity index (χ1v) is 3.35. The van der Waals surface area contributed by atoms with Crippen LogP contribution in [0, 0.1) is 0 Å². The molecule has 0 bridgehead atoms. The van der Waals surface area contributed by atoms with Crippen molar-refractivity contribution in [2.24, 2.45) is 0 Å². The summed E-state index contributed by atoms with van der Waals surface area (Å²) in [6.45, 7) is 0. The van der Waals surface area contributed by atoms with Crippen molar-refractivity contribution in [2.45, 2.75) is 0 Å². The zero-order chi connectivity index (χ0) is 5.70. The molecule has 0 N–H and O–H groups in total. The number of hydrogen-bond acceptors (Lipinski definition) is 3. The average molecular weight is 245 g/mol. The van der Waals surface area contributed by atoms with Crippen LogP contribution in [0.1, 0.15) is 0 Å². The molecule has 0 aliphatic carbocycles. The fourth-order valence-electron chi connectivity index (χ4n) is 0.289. The van der Waals surface area contributed by atoms with Gasteiger partial charge in [-0.3, -0.25) is 0 Å². The quantitative estimate of drug-likeness (QED) is 0.548. The zero-order valence-corrected chi connectivity index (χ0v) is 5.96. The summed E-state index contributed by atoms with van der Waals surface area (Å²) in [7, 11) is 3.05. The fourth-order valence-corrected chi connectivity index (χ4v) is 0.866. The molecule has 5 heteroatoms. The molecule has 0 aliphatic heterocycles. The molecule has 0 saturated heterocycles. The van der Waals surface area contributed by atoms with Gasteiger partial charge in [0, 0.05) is 21.3 Å². The normalized spacial score (nSPS) is 9.00. The van der Waals surface area contributed by atoms with Crippen LogP contribution in [0.15, 0.2) is 0 Å². The average Bonchev–Trinajstić information content (AvgIpc) is 1.72. The Morgan fingerprint density at radius 3 is 1.12 bits per heavy atom. The first-order valence-electron chi connectivity index (χ1n) is 1.93. The standard InChI is InChI=1S/C3H10O3Si.Sn.4H/c1-4-7(5-2)6-3;;;;;/h7H,1-3H3;;;;;. The summed E-state index contributed by atoms with van der Waals surface area (Å²) >= 11 is 0. The van der Waals surface area contributed by atoms with Crippen molar-refractivity contribution >= 4 is 33.4 Å². The molecule has 0 fully saturated rings. The van der Waals surface area contributed by atoms with Gasteiger partial charge in [-0.05, 0) is 0 Å². The topological polar surface area (TPSA) is 27.7 Å². The van der Waals surface area contributed by atoms with E-state index in [-0.39, 0.29) is 23.9 Å². The van der Waals surface area contributed by atoms with Crippen LogP contribution in [0.3, 0.4) is 0 Å². The van der Waals surface area contributed by atoms with Crippen molar-refractivity contribution in [1.29, 1.82) is 0 Å². The summed E-state index contributed by atoms with van der Waals surface area (Å²) in [5.74, 6) is 0. The summed E-state index contributed by atoms with van der Waals surface area (Å²) in [4.78, 5) is 0. The van der Waals surface area contributed by atoms with Gasteiger partial charge in [0.1, 0.15) is 0 Å². The summed E-state index contributed by atoms with van der Waals surface area (Å²) in [5.41, 5.74) is 0. The molecule has 0 spiro atoms. The monoisotopic (exact) mass is 246 g/mol. The van der Waals surface area contributed by atoms with E-state index in [1.807, 2.05) is 0 Å². The van der Waals surface area contributed by atoms with Gasteiger partial charge in [0.25, 0.3) is 0 Å². The molecule has 0 aromatic rings. The van der Waals surface area contributed by atoms with Crippen molar-refractivity contribution in [1.82, 2.24) is 0 Å². The van der Waals surface area contributed by atoms with E-state index in [9.17, 15) is 0 Å². The minimum atomic E-state index is -1.67. The van der Waals surface area contributed by atoms with Crippen LogP contribution in [-0.4, -0.2) is 54.8 Å².